The minimum Gasteiger partial charge on any atom is -0.383 e. The standard InChI is InChI=1S/C12H17N5O3/c13-10-6-9(17(19)20)7-12(15-10)16-3-1-8(2-4-16)5-11(14)18/h6-8H,1-5H2,(H2,13,15)(H2,14,18). The van der Waals surface area contributed by atoms with E-state index in [-0.39, 0.29) is 23.3 Å². The second-order valence-corrected chi connectivity index (χ2v) is 4.97. The topological polar surface area (TPSA) is 128 Å². The molecule has 0 aliphatic carbocycles. The van der Waals surface area contributed by atoms with Crippen molar-refractivity contribution in [3.63, 3.8) is 0 Å². The molecular formula is C12H17N5O3. The molecule has 2 rings (SSSR count). The molecule has 0 spiro atoms. The highest BCUT2D eigenvalue weighted by atomic mass is 16.6. The van der Waals surface area contributed by atoms with Crippen molar-refractivity contribution in [2.45, 2.75) is 19.3 Å². The van der Waals surface area contributed by atoms with E-state index in [1.807, 2.05) is 4.90 Å². The van der Waals surface area contributed by atoms with Gasteiger partial charge in [-0.1, -0.05) is 0 Å². The van der Waals surface area contributed by atoms with Crippen LogP contribution in [0.3, 0.4) is 0 Å². The minimum atomic E-state index is -0.485. The van der Waals surface area contributed by atoms with E-state index in [1.54, 1.807) is 0 Å². The first-order valence-electron chi connectivity index (χ1n) is 6.41. The molecule has 1 aliphatic rings. The SMILES string of the molecule is NC(=O)CC1CCN(c2cc([N+](=O)[O-])cc(N)n2)CC1. The maximum absolute atomic E-state index is 10.9. The van der Waals surface area contributed by atoms with Crippen LogP contribution < -0.4 is 16.4 Å². The van der Waals surface area contributed by atoms with E-state index in [2.05, 4.69) is 4.98 Å². The van der Waals surface area contributed by atoms with Gasteiger partial charge in [0.2, 0.25) is 5.91 Å². The number of pyridine rings is 1. The lowest BCUT2D eigenvalue weighted by Crippen LogP contribution is -2.35. The highest BCUT2D eigenvalue weighted by molar-refractivity contribution is 5.74. The Labute approximate surface area is 115 Å². The molecule has 1 aromatic rings. The number of piperidine rings is 1. The highest BCUT2D eigenvalue weighted by Gasteiger charge is 2.23. The predicted molar refractivity (Wildman–Crippen MR) is 74.1 cm³/mol. The number of hydrogen-bond donors (Lipinski definition) is 2. The average molecular weight is 279 g/mol. The molecule has 1 amide bonds. The Hall–Kier alpha value is -2.38. The zero-order valence-electron chi connectivity index (χ0n) is 11.0. The number of carbonyl (C=O) groups excluding carboxylic acids is 1. The summed E-state index contributed by atoms with van der Waals surface area (Å²) in [6, 6.07) is 2.66. The monoisotopic (exact) mass is 279 g/mol. The number of nitro groups is 1. The molecule has 8 heteroatoms. The van der Waals surface area contributed by atoms with Crippen LogP contribution in [-0.4, -0.2) is 28.9 Å². The number of primary amides is 1. The Kier molecular flexibility index (Phi) is 4.02. The number of amides is 1. The van der Waals surface area contributed by atoms with Crippen molar-refractivity contribution in [3.8, 4) is 0 Å². The molecule has 0 unspecified atom stereocenters. The van der Waals surface area contributed by atoms with Crippen molar-refractivity contribution in [1.82, 2.24) is 4.98 Å². The van der Waals surface area contributed by atoms with Crippen LogP contribution in [0.25, 0.3) is 0 Å². The number of hydrogen-bond acceptors (Lipinski definition) is 6. The summed E-state index contributed by atoms with van der Waals surface area (Å²) in [7, 11) is 0. The van der Waals surface area contributed by atoms with Gasteiger partial charge >= 0.3 is 0 Å². The Balaban J connectivity index is 2.07. The van der Waals surface area contributed by atoms with Crippen LogP contribution in [-0.2, 0) is 4.79 Å². The number of aromatic nitrogens is 1. The van der Waals surface area contributed by atoms with Gasteiger partial charge in [0, 0.05) is 19.5 Å². The molecule has 0 aromatic carbocycles. The zero-order chi connectivity index (χ0) is 14.7. The molecule has 4 N–H and O–H groups in total. The first kappa shape index (κ1) is 14.0. The van der Waals surface area contributed by atoms with Gasteiger partial charge in [0.05, 0.1) is 17.1 Å². The van der Waals surface area contributed by atoms with Crippen LogP contribution in [0.5, 0.6) is 0 Å². The highest BCUT2D eigenvalue weighted by Crippen LogP contribution is 2.27. The zero-order valence-corrected chi connectivity index (χ0v) is 11.0. The van der Waals surface area contributed by atoms with Crippen molar-refractivity contribution < 1.29 is 9.72 Å². The van der Waals surface area contributed by atoms with Crippen LogP contribution in [0, 0.1) is 16.0 Å². The molecule has 108 valence electrons. The van der Waals surface area contributed by atoms with Crippen molar-refractivity contribution in [3.05, 3.63) is 22.2 Å². The van der Waals surface area contributed by atoms with E-state index in [4.69, 9.17) is 11.5 Å². The molecule has 0 bridgehead atoms. The largest absolute Gasteiger partial charge is 0.383 e. The van der Waals surface area contributed by atoms with E-state index >= 15 is 0 Å². The molecule has 1 aromatic heterocycles. The number of nitrogens with two attached hydrogens (primary N) is 2. The fourth-order valence-electron chi connectivity index (χ4n) is 2.44. The van der Waals surface area contributed by atoms with E-state index in [9.17, 15) is 14.9 Å². The normalized spacial score (nSPS) is 16.1. The summed E-state index contributed by atoms with van der Waals surface area (Å²) in [6.07, 6.45) is 2.01. The number of anilines is 2. The molecule has 1 saturated heterocycles. The third-order valence-corrected chi connectivity index (χ3v) is 3.46. The van der Waals surface area contributed by atoms with Crippen molar-refractivity contribution in [2.75, 3.05) is 23.7 Å². The molecule has 1 fully saturated rings. The van der Waals surface area contributed by atoms with Crippen molar-refractivity contribution in [2.24, 2.45) is 11.7 Å². The quantitative estimate of drug-likeness (QED) is 0.615. The van der Waals surface area contributed by atoms with Gasteiger partial charge in [-0.05, 0) is 18.8 Å². The third kappa shape index (κ3) is 3.34. The van der Waals surface area contributed by atoms with Gasteiger partial charge in [0.25, 0.3) is 5.69 Å². The van der Waals surface area contributed by atoms with Crippen molar-refractivity contribution >= 4 is 23.2 Å². The van der Waals surface area contributed by atoms with Gasteiger partial charge in [-0.25, -0.2) is 4.98 Å². The Morgan fingerprint density at radius 2 is 2.10 bits per heavy atom. The van der Waals surface area contributed by atoms with Gasteiger partial charge in [-0.15, -0.1) is 0 Å². The van der Waals surface area contributed by atoms with Gasteiger partial charge in [-0.3, -0.25) is 14.9 Å². The maximum Gasteiger partial charge on any atom is 0.276 e. The lowest BCUT2D eigenvalue weighted by atomic mass is 9.93. The number of nitrogens with zero attached hydrogens (tertiary/aromatic N) is 3. The van der Waals surface area contributed by atoms with E-state index in [1.165, 1.54) is 12.1 Å². The van der Waals surface area contributed by atoms with Crippen LogP contribution in [0.15, 0.2) is 12.1 Å². The molecule has 0 saturated carbocycles. The first-order chi connectivity index (χ1) is 9.45. The fourth-order valence-corrected chi connectivity index (χ4v) is 2.44. The van der Waals surface area contributed by atoms with E-state index < -0.39 is 4.92 Å². The molecule has 2 heterocycles. The van der Waals surface area contributed by atoms with Crippen LogP contribution in [0.4, 0.5) is 17.3 Å². The van der Waals surface area contributed by atoms with Gasteiger partial charge < -0.3 is 16.4 Å². The summed E-state index contributed by atoms with van der Waals surface area (Å²) in [5, 5.41) is 10.8. The van der Waals surface area contributed by atoms with Gasteiger partial charge in [-0.2, -0.15) is 0 Å². The molecule has 20 heavy (non-hydrogen) atoms. The Morgan fingerprint density at radius 3 is 2.65 bits per heavy atom. The second kappa shape index (κ2) is 5.72. The fraction of sp³-hybridized carbons (Fsp3) is 0.500. The summed E-state index contributed by atoms with van der Waals surface area (Å²) in [5.41, 5.74) is 10.7. The number of nitrogen functional groups attached to an aromatic ring is 1. The second-order valence-electron chi connectivity index (χ2n) is 4.97. The smallest absolute Gasteiger partial charge is 0.276 e. The Morgan fingerprint density at radius 1 is 1.45 bits per heavy atom. The molecule has 8 nitrogen and oxygen atoms in total. The number of rotatable bonds is 4. The van der Waals surface area contributed by atoms with E-state index in [0.29, 0.717) is 25.3 Å². The lowest BCUT2D eigenvalue weighted by molar-refractivity contribution is -0.384. The minimum absolute atomic E-state index is 0.0632. The third-order valence-electron chi connectivity index (χ3n) is 3.46. The molecule has 0 radical (unpaired) electrons. The first-order valence-corrected chi connectivity index (χ1v) is 6.41. The summed E-state index contributed by atoms with van der Waals surface area (Å²) in [6.45, 7) is 1.37. The molecular weight excluding hydrogens is 262 g/mol. The van der Waals surface area contributed by atoms with Gasteiger partial charge in [0.1, 0.15) is 11.6 Å². The Bertz CT molecular complexity index is 526. The summed E-state index contributed by atoms with van der Waals surface area (Å²) in [4.78, 5) is 27.3. The van der Waals surface area contributed by atoms with Crippen LogP contribution in [0.1, 0.15) is 19.3 Å². The van der Waals surface area contributed by atoms with E-state index in [0.717, 1.165) is 12.8 Å². The molecule has 0 atom stereocenters. The average Bonchev–Trinajstić information content (AvgIpc) is 2.38. The van der Waals surface area contributed by atoms with Crippen LogP contribution in [0.2, 0.25) is 0 Å². The summed E-state index contributed by atoms with van der Waals surface area (Å²) in [5.74, 6) is 0.628. The summed E-state index contributed by atoms with van der Waals surface area (Å²) < 4.78 is 0. The lowest BCUT2D eigenvalue weighted by Gasteiger charge is -2.32. The summed E-state index contributed by atoms with van der Waals surface area (Å²) >= 11 is 0. The maximum atomic E-state index is 10.9. The molecule has 1 aliphatic heterocycles. The van der Waals surface area contributed by atoms with Crippen LogP contribution >= 0.6 is 0 Å². The van der Waals surface area contributed by atoms with Crippen molar-refractivity contribution in [1.29, 1.82) is 0 Å². The van der Waals surface area contributed by atoms with Gasteiger partial charge in [0.15, 0.2) is 0 Å². The number of carbonyl (C=O) groups is 1. The predicted octanol–water partition coefficient (Wildman–Crippen LogP) is 0.664.